The van der Waals surface area contributed by atoms with Crippen LogP contribution in [0.4, 0.5) is 0 Å². The van der Waals surface area contributed by atoms with Gasteiger partial charge in [0, 0.05) is 0 Å². The Labute approximate surface area is 96.3 Å². The molecule has 3 rings (SSSR count). The first-order valence-electron chi connectivity index (χ1n) is 5.90. The van der Waals surface area contributed by atoms with Gasteiger partial charge in [-0.15, -0.1) is 0 Å². The smallest absolute Gasteiger partial charge is 0.186 e. The van der Waals surface area contributed by atoms with Crippen molar-refractivity contribution < 1.29 is 0 Å². The Morgan fingerprint density at radius 3 is 3.12 bits per heavy atom. The van der Waals surface area contributed by atoms with E-state index in [9.17, 15) is 0 Å². The summed E-state index contributed by atoms with van der Waals surface area (Å²) in [6.45, 7) is 3.29. The van der Waals surface area contributed by atoms with Crippen molar-refractivity contribution in [3.8, 4) is 0 Å². The third kappa shape index (κ3) is 1.54. The van der Waals surface area contributed by atoms with Gasteiger partial charge in [-0.05, 0) is 44.0 Å². The van der Waals surface area contributed by atoms with Gasteiger partial charge in [-0.25, -0.2) is 4.98 Å². The molecule has 0 unspecified atom stereocenters. The first kappa shape index (κ1) is 9.91. The molecule has 4 heteroatoms. The van der Waals surface area contributed by atoms with E-state index in [0.717, 1.165) is 16.9 Å². The number of rotatable bonds is 1. The molecule has 0 saturated carbocycles. The van der Waals surface area contributed by atoms with Crippen LogP contribution in [-0.4, -0.2) is 29.3 Å². The summed E-state index contributed by atoms with van der Waals surface area (Å²) < 4.78 is 0. The molecule has 3 nitrogen and oxygen atoms in total. The predicted molar refractivity (Wildman–Crippen MR) is 68.1 cm³/mol. The summed E-state index contributed by atoms with van der Waals surface area (Å²) >= 11 is 0. The Morgan fingerprint density at radius 1 is 1.50 bits per heavy atom. The Morgan fingerprint density at radius 2 is 2.38 bits per heavy atom. The molecule has 1 atom stereocenters. The molecule has 0 spiro atoms. The van der Waals surface area contributed by atoms with E-state index in [1.807, 2.05) is 0 Å². The number of benzene rings is 1. The first-order valence-corrected chi connectivity index (χ1v) is 5.90. The van der Waals surface area contributed by atoms with Gasteiger partial charge in [-0.1, -0.05) is 6.07 Å². The number of aromatic amines is 1. The average Bonchev–Trinajstić information content (AvgIpc) is 2.82. The van der Waals surface area contributed by atoms with Crippen molar-refractivity contribution in [2.75, 3.05) is 6.54 Å². The number of hydrogen-bond acceptors (Lipinski definition) is 2. The third-order valence-electron chi connectivity index (χ3n) is 3.49. The summed E-state index contributed by atoms with van der Waals surface area (Å²) in [5.41, 5.74) is 3.53. The van der Waals surface area contributed by atoms with Gasteiger partial charge in [-0.2, -0.15) is 0 Å². The molecule has 2 heterocycles. The normalized spacial score (nSPS) is 21.9. The summed E-state index contributed by atoms with van der Waals surface area (Å²) in [7, 11) is 2.18. The zero-order chi connectivity index (χ0) is 11.1. The second-order valence-corrected chi connectivity index (χ2v) is 4.78. The quantitative estimate of drug-likeness (QED) is 0.729. The highest BCUT2D eigenvalue weighted by molar-refractivity contribution is 6.04. The van der Waals surface area contributed by atoms with Crippen molar-refractivity contribution in [1.82, 2.24) is 14.8 Å². The molecule has 2 aromatic rings. The third-order valence-corrected chi connectivity index (χ3v) is 3.49. The minimum Gasteiger partial charge on any atom is -0.341 e. The van der Waals surface area contributed by atoms with Crippen molar-refractivity contribution in [2.24, 2.45) is 0 Å². The molecule has 1 aliphatic rings. The molecular weight excluding hydrogens is 197 g/mol. The van der Waals surface area contributed by atoms with Crippen LogP contribution in [0.15, 0.2) is 18.2 Å². The van der Waals surface area contributed by atoms with Gasteiger partial charge in [0.05, 0.1) is 17.1 Å². The van der Waals surface area contributed by atoms with Crippen LogP contribution in [0, 0.1) is 6.92 Å². The maximum atomic E-state index is 4.69. The minimum atomic E-state index is 0.479. The van der Waals surface area contributed by atoms with Crippen LogP contribution < -0.4 is 0 Å². The maximum Gasteiger partial charge on any atom is 0.186 e. The molecule has 0 amide bonds. The second kappa shape index (κ2) is 3.63. The zero-order valence-corrected chi connectivity index (χ0v) is 9.83. The fourth-order valence-electron chi connectivity index (χ4n) is 2.56. The summed E-state index contributed by atoms with van der Waals surface area (Å²) in [4.78, 5) is 10.5. The highest BCUT2D eigenvalue weighted by Gasteiger charge is 2.24. The number of aryl methyl sites for hydroxylation is 1. The van der Waals surface area contributed by atoms with E-state index < -0.39 is 0 Å². The lowest BCUT2D eigenvalue weighted by Gasteiger charge is -2.16. The largest absolute Gasteiger partial charge is 0.341 e. The lowest BCUT2D eigenvalue weighted by Crippen LogP contribution is -2.20. The average molecular weight is 213 g/mol. The van der Waals surface area contributed by atoms with Crippen molar-refractivity contribution in [1.29, 1.82) is 0 Å². The van der Waals surface area contributed by atoms with E-state index in [4.69, 9.17) is 0 Å². The number of nitrogens with zero attached hydrogens (tertiary/aromatic N) is 2. The van der Waals surface area contributed by atoms with Gasteiger partial charge < -0.3 is 9.79 Å². The van der Waals surface area contributed by atoms with Gasteiger partial charge >= 0.3 is 0 Å². The summed E-state index contributed by atoms with van der Waals surface area (Å²) in [6, 6.07) is 6.86. The molecular formula is C12H16BN3. The van der Waals surface area contributed by atoms with Crippen LogP contribution in [0.2, 0.25) is 0 Å². The van der Waals surface area contributed by atoms with Crippen molar-refractivity contribution in [3.05, 3.63) is 29.6 Å². The van der Waals surface area contributed by atoms with Gasteiger partial charge in [0.1, 0.15) is 5.82 Å². The van der Waals surface area contributed by atoms with Crippen LogP contribution in [-0.2, 0) is 0 Å². The number of imidazole rings is 1. The van der Waals surface area contributed by atoms with E-state index >= 15 is 0 Å². The topological polar surface area (TPSA) is 31.9 Å². The van der Waals surface area contributed by atoms with Crippen LogP contribution in [0.1, 0.15) is 30.3 Å². The van der Waals surface area contributed by atoms with E-state index in [2.05, 4.69) is 47.9 Å². The summed E-state index contributed by atoms with van der Waals surface area (Å²) in [6.07, 6.45) is 2.49. The standard InChI is InChI=1S/C12H16BN3/c1-8-4-5-9-10(7-8)15-12(14-9)11-3-2-6-16(11)13/h4-5,7,11H,2-3,6,13H2,1H3,(H,14,15)/t11-/m0/s1. The Bertz CT molecular complexity index is 520. The van der Waals surface area contributed by atoms with Crippen molar-refractivity contribution in [2.45, 2.75) is 25.8 Å². The number of aromatic nitrogens is 2. The number of hydrogen-bond donors (Lipinski definition) is 1. The van der Waals surface area contributed by atoms with E-state index in [0.29, 0.717) is 6.04 Å². The van der Waals surface area contributed by atoms with Gasteiger partial charge in [0.2, 0.25) is 0 Å². The highest BCUT2D eigenvalue weighted by atomic mass is 15.1. The van der Waals surface area contributed by atoms with Gasteiger partial charge in [-0.3, -0.25) is 0 Å². The van der Waals surface area contributed by atoms with Crippen molar-refractivity contribution >= 4 is 19.0 Å². The second-order valence-electron chi connectivity index (χ2n) is 4.78. The summed E-state index contributed by atoms with van der Waals surface area (Å²) in [5, 5.41) is 0. The molecule has 1 fully saturated rings. The number of fused-ring (bicyclic) bond motifs is 1. The fourth-order valence-corrected chi connectivity index (χ4v) is 2.56. The molecule has 1 saturated heterocycles. The van der Waals surface area contributed by atoms with E-state index in [1.54, 1.807) is 0 Å². The molecule has 0 aliphatic carbocycles. The molecule has 1 aliphatic heterocycles. The predicted octanol–water partition coefficient (Wildman–Crippen LogP) is 1.56. The number of nitrogens with one attached hydrogen (secondary N) is 1. The molecule has 1 aromatic heterocycles. The number of H-pyrrole nitrogens is 1. The molecule has 82 valence electrons. The molecule has 0 bridgehead atoms. The Balaban J connectivity index is 2.04. The SMILES string of the molecule is BN1CCC[C@H]1c1nc2ccc(C)cc2[nH]1. The Hall–Kier alpha value is -1.29. The lowest BCUT2D eigenvalue weighted by molar-refractivity contribution is 0.419. The van der Waals surface area contributed by atoms with Crippen LogP contribution in [0.25, 0.3) is 11.0 Å². The fraction of sp³-hybridized carbons (Fsp3) is 0.417. The first-order chi connectivity index (χ1) is 7.74. The molecule has 1 N–H and O–H groups in total. The monoisotopic (exact) mass is 213 g/mol. The summed E-state index contributed by atoms with van der Waals surface area (Å²) in [5.74, 6) is 1.13. The van der Waals surface area contributed by atoms with Crippen LogP contribution in [0.3, 0.4) is 0 Å². The molecule has 16 heavy (non-hydrogen) atoms. The lowest BCUT2D eigenvalue weighted by atomic mass is 10.2. The van der Waals surface area contributed by atoms with Crippen molar-refractivity contribution in [3.63, 3.8) is 0 Å². The van der Waals surface area contributed by atoms with Gasteiger partial charge in [0.25, 0.3) is 0 Å². The maximum absolute atomic E-state index is 4.69. The zero-order valence-electron chi connectivity index (χ0n) is 9.83. The molecule has 1 aromatic carbocycles. The molecule has 0 radical (unpaired) electrons. The highest BCUT2D eigenvalue weighted by Crippen LogP contribution is 2.29. The van der Waals surface area contributed by atoms with Crippen LogP contribution >= 0.6 is 0 Å². The van der Waals surface area contributed by atoms with E-state index in [-0.39, 0.29) is 0 Å². The minimum absolute atomic E-state index is 0.479. The van der Waals surface area contributed by atoms with Gasteiger partial charge in [0.15, 0.2) is 7.98 Å². The Kier molecular flexibility index (Phi) is 2.25. The van der Waals surface area contributed by atoms with E-state index in [1.165, 1.54) is 24.9 Å². The van der Waals surface area contributed by atoms with Crippen LogP contribution in [0.5, 0.6) is 0 Å².